The summed E-state index contributed by atoms with van der Waals surface area (Å²) in [6, 6.07) is 20.8. The van der Waals surface area contributed by atoms with Crippen molar-refractivity contribution in [3.8, 4) is 50.9 Å². The highest BCUT2D eigenvalue weighted by Gasteiger charge is 2.42. The number of pyridine rings is 4. The first-order valence-corrected chi connectivity index (χ1v) is 43.8. The number of fused-ring (bicyclic) bond motifs is 3. The zero-order valence-corrected chi connectivity index (χ0v) is 78.2. The Hall–Kier alpha value is -14.7. The first-order valence-electron chi connectivity index (χ1n) is 43.8. The summed E-state index contributed by atoms with van der Waals surface area (Å²) in [4.78, 5) is 110. The van der Waals surface area contributed by atoms with Crippen LogP contribution in [0.1, 0.15) is 110 Å². The van der Waals surface area contributed by atoms with Crippen LogP contribution in [-0.2, 0) is 66.2 Å². The van der Waals surface area contributed by atoms with Gasteiger partial charge in [-0.2, -0.15) is 44.6 Å². The first kappa shape index (κ1) is 107. The Kier molecular flexibility index (Phi) is 35.1. The van der Waals surface area contributed by atoms with Gasteiger partial charge in [-0.05, 0) is 146 Å². The highest BCUT2D eigenvalue weighted by atomic mass is 19.4. The third-order valence-corrected chi connectivity index (χ3v) is 23.3. The van der Waals surface area contributed by atoms with E-state index in [1.165, 1.54) is 45.7 Å². The number of aryl methyl sites for hydroxylation is 3. The van der Waals surface area contributed by atoms with Crippen molar-refractivity contribution in [2.75, 3.05) is 84.9 Å². The number of rotatable bonds is 32. The molecule has 42 heteroatoms. The van der Waals surface area contributed by atoms with Crippen LogP contribution in [0.3, 0.4) is 0 Å². The molecule has 27 nitrogen and oxygen atoms in total. The fourth-order valence-electron chi connectivity index (χ4n) is 16.1. The van der Waals surface area contributed by atoms with Gasteiger partial charge in [0.1, 0.15) is 111 Å². The van der Waals surface area contributed by atoms with Gasteiger partial charge in [0, 0.05) is 126 Å². The molecule has 13 rings (SSSR count). The summed E-state index contributed by atoms with van der Waals surface area (Å²) in [5, 5.41) is 19.2. The Labute approximate surface area is 797 Å². The normalized spacial score (nSPS) is 13.6. The lowest BCUT2D eigenvalue weighted by atomic mass is 9.91. The number of methoxy groups -OCH3 is 6. The van der Waals surface area contributed by atoms with Crippen LogP contribution in [0.15, 0.2) is 157 Å². The number of nitrogens with one attached hydrogen (secondary N) is 6. The Morgan fingerprint density at radius 3 is 1.13 bits per heavy atom. The standard InChI is InChI=1S/C38H41F5N4O6.C31H29F5N4O4.C30H28F5N5O4/c1-6-31(38(41,42)43)45-24-18-27(39)33(28(40)19-24)36(48)46-29(37(49)52-5)16-22-9-10-26(34-25(22)8-7-11-44-34)32-30(50-3)17-23(21(2)35(32)51-4)20-47-12-14-53-15-13-47;1-5-25(31(34,35)36)39-18-14-21(32)26(22(33)15-18)29(41)40-23(30(42)44-4)13-17-9-10-20(27-19(17)7-6-12-37-27)28-24(43-3)11-8-16(2)38-28;1-5-23(30(33,34)35)37-17-13-20(31)25(21(32)14-17)28(42)38-22(29(43)44-4)12-16-8-9-19(27-18(16)7-6-10-36-27)26-15(2)11-24(41)40(3)39-26/h7-11,17-19,29,31,45H,6,12-16,20H2,1-5H3,(H,46,48);6-12,14-15,23,25,39H,5,13H2,1-4H3,(H,40,41);6-11,13-14,22-23,37H,5,12H2,1-4H3,(H,38,42)/t29-,31+;23-,25+;22-,23+/m000/s1. The molecule has 6 atom stereocenters. The fraction of sp³-hybridized carbons (Fsp3) is 0.333. The molecule has 6 heterocycles. The van der Waals surface area contributed by atoms with E-state index < -0.39 is 178 Å². The monoisotopic (exact) mass is 1980 g/mol. The number of morpholine rings is 1. The molecule has 7 aromatic carbocycles. The Balaban J connectivity index is 0.000000203. The Morgan fingerprint density at radius 2 is 0.794 bits per heavy atom. The average molecular weight is 1980 g/mol. The van der Waals surface area contributed by atoms with Crippen LogP contribution in [-0.4, -0.2) is 194 Å². The number of alkyl halides is 9. The van der Waals surface area contributed by atoms with E-state index in [0.717, 1.165) is 51.2 Å². The molecule has 0 radical (unpaired) electrons. The quantitative estimate of drug-likeness (QED) is 0.0130. The zero-order valence-electron chi connectivity index (χ0n) is 78.2. The lowest BCUT2D eigenvalue weighted by molar-refractivity contribution is -0.143. The highest BCUT2D eigenvalue weighted by Crippen LogP contribution is 2.47. The molecule has 3 amide bonds. The van der Waals surface area contributed by atoms with E-state index >= 15 is 8.78 Å². The number of aromatic nitrogens is 6. The van der Waals surface area contributed by atoms with Crippen LogP contribution in [0.25, 0.3) is 66.4 Å². The molecule has 0 spiro atoms. The van der Waals surface area contributed by atoms with Crippen molar-refractivity contribution in [1.82, 2.24) is 50.6 Å². The SMILES string of the molecule is CC[C@@H](Nc1cc(F)c(C(=O)N[C@@H](Cc2ccc(-c3c(OC)cc(CN4CCOCC4)c(C)c3OC)c3ncccc23)C(=O)OC)c(F)c1)C(F)(F)F.CC[C@@H](Nc1cc(F)c(C(=O)N[C@@H](Cc2ccc(-c3nc(C)ccc3OC)c3ncccc23)C(=O)OC)c(F)c1)C(F)(F)F.CC[C@@H](Nc1cc(F)c(C(=O)N[C@@H](Cc2ccc(-c3nn(C)c(=O)cc3C)c3ncccc23)C(=O)OC)c(F)c1)C(F)(F)F. The average Bonchev–Trinajstić information content (AvgIpc) is 0.748. The van der Waals surface area contributed by atoms with Gasteiger partial charge in [-0.1, -0.05) is 75.4 Å². The molecule has 0 saturated carbocycles. The molecule has 5 aromatic heterocycles. The summed E-state index contributed by atoms with van der Waals surface area (Å²) in [6.07, 6.45) is -10.9. The number of carbonyl (C=O) groups excluding carboxylic acids is 6. The summed E-state index contributed by atoms with van der Waals surface area (Å²) in [6.45, 7) is 12.9. The number of hydrogen-bond donors (Lipinski definition) is 6. The van der Waals surface area contributed by atoms with Crippen LogP contribution in [0, 0.1) is 55.7 Å². The fourth-order valence-corrected chi connectivity index (χ4v) is 16.1. The van der Waals surface area contributed by atoms with Crippen LogP contribution in [0.5, 0.6) is 17.2 Å². The van der Waals surface area contributed by atoms with E-state index in [9.17, 15) is 90.6 Å². The number of ether oxygens (including phenoxy) is 7. The topological polar surface area (TPSA) is 329 Å². The number of anilines is 3. The maximum atomic E-state index is 15.1. The summed E-state index contributed by atoms with van der Waals surface area (Å²) in [5.74, 6) is -13.4. The Morgan fingerprint density at radius 1 is 0.440 bits per heavy atom. The minimum absolute atomic E-state index is 0.147. The smallest absolute Gasteiger partial charge is 0.408 e. The summed E-state index contributed by atoms with van der Waals surface area (Å²) < 4.78 is 247. The van der Waals surface area contributed by atoms with Crippen molar-refractivity contribution in [1.29, 1.82) is 0 Å². The lowest BCUT2D eigenvalue weighted by Gasteiger charge is -2.28. The van der Waals surface area contributed by atoms with Crippen molar-refractivity contribution in [2.24, 2.45) is 7.05 Å². The molecule has 0 unspecified atom stereocenters. The van der Waals surface area contributed by atoms with Gasteiger partial charge < -0.3 is 65.1 Å². The summed E-state index contributed by atoms with van der Waals surface area (Å²) in [5.41, 5.74) is 5.10. The van der Waals surface area contributed by atoms with Crippen molar-refractivity contribution in [3.05, 3.63) is 253 Å². The molecular formula is C99H98F15N13O14. The number of benzene rings is 7. The molecule has 6 N–H and O–H groups in total. The lowest BCUT2D eigenvalue weighted by Crippen LogP contribution is -2.43. The number of carbonyl (C=O) groups is 6. The predicted molar refractivity (Wildman–Crippen MR) is 494 cm³/mol. The van der Waals surface area contributed by atoms with Gasteiger partial charge in [-0.25, -0.2) is 50.4 Å². The van der Waals surface area contributed by atoms with Crippen LogP contribution in [0.4, 0.5) is 82.9 Å². The molecule has 12 aromatic rings. The van der Waals surface area contributed by atoms with Crippen molar-refractivity contribution >= 4 is 85.4 Å². The molecular weight excluding hydrogens is 1880 g/mol. The second-order valence-electron chi connectivity index (χ2n) is 32.5. The number of nitrogens with zero attached hydrogens (tertiary/aromatic N) is 7. The van der Waals surface area contributed by atoms with Gasteiger partial charge in [0.25, 0.3) is 23.3 Å². The number of amides is 3. The van der Waals surface area contributed by atoms with Gasteiger partial charge in [0.05, 0.1) is 83.7 Å². The van der Waals surface area contributed by atoms with E-state index in [2.05, 4.69) is 45.9 Å². The van der Waals surface area contributed by atoms with Gasteiger partial charge in [0.15, 0.2) is 0 Å². The number of esters is 3. The molecule has 141 heavy (non-hydrogen) atoms. The molecule has 0 bridgehead atoms. The van der Waals surface area contributed by atoms with Crippen LogP contribution >= 0.6 is 0 Å². The van der Waals surface area contributed by atoms with Gasteiger partial charge in [-0.15, -0.1) is 0 Å². The number of hydrogen-bond acceptors (Lipinski definition) is 23. The molecule has 1 fully saturated rings. The first-order chi connectivity index (χ1) is 66.9. The minimum atomic E-state index is -4.67. The van der Waals surface area contributed by atoms with Gasteiger partial charge in [0.2, 0.25) is 0 Å². The predicted octanol–water partition coefficient (Wildman–Crippen LogP) is 17.6. The zero-order chi connectivity index (χ0) is 103. The van der Waals surface area contributed by atoms with Crippen LogP contribution in [0.2, 0.25) is 0 Å². The van der Waals surface area contributed by atoms with Gasteiger partial charge in [-0.3, -0.25) is 39.0 Å². The van der Waals surface area contributed by atoms with E-state index in [0.29, 0.717) is 162 Å². The van der Waals surface area contributed by atoms with Crippen molar-refractivity contribution in [3.63, 3.8) is 0 Å². The maximum Gasteiger partial charge on any atom is 0.408 e. The van der Waals surface area contributed by atoms with Crippen LogP contribution < -0.4 is 51.7 Å². The van der Waals surface area contributed by atoms with Crippen molar-refractivity contribution < 1.29 is 128 Å². The maximum absolute atomic E-state index is 15.1. The molecule has 1 saturated heterocycles. The summed E-state index contributed by atoms with van der Waals surface area (Å²) >= 11 is 0. The Bertz CT molecular complexity index is 6630. The largest absolute Gasteiger partial charge is 0.496 e. The van der Waals surface area contributed by atoms with Crippen molar-refractivity contribution in [2.45, 2.75) is 141 Å². The third kappa shape index (κ3) is 25.3. The van der Waals surface area contributed by atoms with Gasteiger partial charge >= 0.3 is 36.4 Å². The minimum Gasteiger partial charge on any atom is -0.496 e. The molecule has 1 aliphatic rings. The van der Waals surface area contributed by atoms with E-state index in [4.69, 9.17) is 33.2 Å². The summed E-state index contributed by atoms with van der Waals surface area (Å²) in [7, 11) is 9.44. The second kappa shape index (κ2) is 46.4. The third-order valence-electron chi connectivity index (χ3n) is 23.3. The highest BCUT2D eigenvalue weighted by molar-refractivity contribution is 6.03. The molecule has 1 aliphatic heterocycles. The molecule has 0 aliphatic carbocycles. The second-order valence-corrected chi connectivity index (χ2v) is 32.5. The van der Waals surface area contributed by atoms with E-state index in [1.807, 2.05) is 35.9 Å². The molecule has 748 valence electrons. The van der Waals surface area contributed by atoms with E-state index in [-0.39, 0.29) is 24.8 Å². The number of halogens is 15. The van der Waals surface area contributed by atoms with E-state index in [1.54, 1.807) is 125 Å².